The Morgan fingerprint density at radius 3 is 2.88 bits per heavy atom. The van der Waals surface area contributed by atoms with Crippen LogP contribution in [0, 0.1) is 0 Å². The lowest BCUT2D eigenvalue weighted by atomic mass is 10.1. The van der Waals surface area contributed by atoms with E-state index in [1.54, 1.807) is 23.1 Å². The average molecular weight is 376 g/mol. The zero-order valence-electron chi connectivity index (χ0n) is 13.6. The van der Waals surface area contributed by atoms with Gasteiger partial charge in [-0.2, -0.15) is 0 Å². The topological polar surface area (TPSA) is 84.7 Å². The Kier molecular flexibility index (Phi) is 8.31. The molecule has 1 aliphatic rings. The molecule has 0 saturated carbocycles. The van der Waals surface area contributed by atoms with Crippen molar-refractivity contribution in [3.8, 4) is 5.75 Å². The van der Waals surface area contributed by atoms with Crippen molar-refractivity contribution in [1.29, 1.82) is 0 Å². The predicted molar refractivity (Wildman–Crippen MR) is 96.0 cm³/mol. The largest absolute Gasteiger partial charge is 0.496 e. The summed E-state index contributed by atoms with van der Waals surface area (Å²) in [6.45, 7) is 1.59. The second kappa shape index (κ2) is 9.71. The fourth-order valence-electron chi connectivity index (χ4n) is 2.72. The molecule has 1 aliphatic heterocycles. The van der Waals surface area contributed by atoms with Crippen molar-refractivity contribution < 1.29 is 14.3 Å². The summed E-state index contributed by atoms with van der Waals surface area (Å²) in [6.07, 6.45) is 2.17. The summed E-state index contributed by atoms with van der Waals surface area (Å²) >= 11 is 5.99. The van der Waals surface area contributed by atoms with Gasteiger partial charge in [0.15, 0.2) is 0 Å². The van der Waals surface area contributed by atoms with Crippen LogP contribution in [-0.2, 0) is 4.79 Å². The number of methoxy groups -OCH3 is 1. The van der Waals surface area contributed by atoms with Crippen molar-refractivity contribution in [2.45, 2.75) is 25.3 Å². The van der Waals surface area contributed by atoms with Crippen molar-refractivity contribution >= 4 is 35.8 Å². The van der Waals surface area contributed by atoms with Gasteiger partial charge >= 0.3 is 0 Å². The summed E-state index contributed by atoms with van der Waals surface area (Å²) in [4.78, 5) is 26.7. The number of carbonyl (C=O) groups is 2. The van der Waals surface area contributed by atoms with Crippen LogP contribution in [-0.4, -0.2) is 49.5 Å². The third kappa shape index (κ3) is 4.75. The van der Waals surface area contributed by atoms with Crippen LogP contribution in [0.25, 0.3) is 0 Å². The Balaban J connectivity index is 0.00000288. The van der Waals surface area contributed by atoms with Gasteiger partial charge in [0.05, 0.1) is 12.7 Å². The van der Waals surface area contributed by atoms with Gasteiger partial charge in [-0.1, -0.05) is 11.6 Å². The van der Waals surface area contributed by atoms with Gasteiger partial charge in [0, 0.05) is 18.1 Å². The standard InChI is InChI=1S/C16H22ClN3O3.ClH/c1-23-14-6-5-11(17)10-12(14)16(22)20-9-2-4-13(20)15(21)19-8-3-7-18;/h5-6,10,13H,2-4,7-9,18H2,1H3,(H,19,21);1H. The lowest BCUT2D eigenvalue weighted by molar-refractivity contribution is -0.124. The highest BCUT2D eigenvalue weighted by atomic mass is 35.5. The smallest absolute Gasteiger partial charge is 0.258 e. The molecule has 2 rings (SSSR count). The number of hydrogen-bond acceptors (Lipinski definition) is 4. The molecule has 0 aromatic heterocycles. The molecule has 1 atom stereocenters. The number of amides is 2. The maximum absolute atomic E-state index is 12.8. The molecule has 1 unspecified atom stereocenters. The van der Waals surface area contributed by atoms with Crippen LogP contribution in [0.3, 0.4) is 0 Å². The molecular formula is C16H23Cl2N3O3. The number of hydrogen-bond donors (Lipinski definition) is 2. The monoisotopic (exact) mass is 375 g/mol. The van der Waals surface area contributed by atoms with Crippen molar-refractivity contribution in [3.63, 3.8) is 0 Å². The highest BCUT2D eigenvalue weighted by molar-refractivity contribution is 6.31. The maximum atomic E-state index is 12.8. The molecule has 6 nitrogen and oxygen atoms in total. The molecule has 0 spiro atoms. The molecular weight excluding hydrogens is 353 g/mol. The van der Waals surface area contributed by atoms with E-state index < -0.39 is 6.04 Å². The number of ether oxygens (including phenoxy) is 1. The number of nitrogens with two attached hydrogens (primary N) is 1. The molecule has 1 aromatic carbocycles. The van der Waals surface area contributed by atoms with Crippen LogP contribution < -0.4 is 15.8 Å². The first-order valence-electron chi connectivity index (χ1n) is 7.70. The molecule has 1 fully saturated rings. The van der Waals surface area contributed by atoms with Crippen molar-refractivity contribution in [1.82, 2.24) is 10.2 Å². The Morgan fingerprint density at radius 1 is 1.46 bits per heavy atom. The maximum Gasteiger partial charge on any atom is 0.258 e. The van der Waals surface area contributed by atoms with E-state index in [1.165, 1.54) is 7.11 Å². The Morgan fingerprint density at radius 2 is 2.21 bits per heavy atom. The SMILES string of the molecule is COc1ccc(Cl)cc1C(=O)N1CCCC1C(=O)NCCCN.Cl. The summed E-state index contributed by atoms with van der Waals surface area (Å²) in [6, 6.07) is 4.44. The average Bonchev–Trinajstić information content (AvgIpc) is 3.04. The summed E-state index contributed by atoms with van der Waals surface area (Å²) in [7, 11) is 1.50. The molecule has 0 aliphatic carbocycles. The van der Waals surface area contributed by atoms with E-state index in [4.69, 9.17) is 22.1 Å². The number of nitrogens with one attached hydrogen (secondary N) is 1. The third-order valence-electron chi connectivity index (χ3n) is 3.89. The van der Waals surface area contributed by atoms with E-state index in [-0.39, 0.29) is 24.2 Å². The van der Waals surface area contributed by atoms with Gasteiger partial charge in [-0.3, -0.25) is 9.59 Å². The van der Waals surface area contributed by atoms with Gasteiger partial charge in [-0.05, 0) is 44.0 Å². The van der Waals surface area contributed by atoms with Crippen LogP contribution in [0.5, 0.6) is 5.75 Å². The first-order chi connectivity index (χ1) is 11.1. The number of likely N-dealkylation sites (tertiary alicyclic amines) is 1. The van der Waals surface area contributed by atoms with E-state index >= 15 is 0 Å². The second-order valence-corrected chi connectivity index (χ2v) is 5.87. The summed E-state index contributed by atoms with van der Waals surface area (Å²) in [5, 5.41) is 3.29. The van der Waals surface area contributed by atoms with Gasteiger partial charge in [0.1, 0.15) is 11.8 Å². The highest BCUT2D eigenvalue weighted by Gasteiger charge is 2.35. The van der Waals surface area contributed by atoms with Crippen molar-refractivity contribution in [2.75, 3.05) is 26.7 Å². The molecule has 0 bridgehead atoms. The van der Waals surface area contributed by atoms with Gasteiger partial charge < -0.3 is 20.7 Å². The van der Waals surface area contributed by atoms with E-state index in [2.05, 4.69) is 5.32 Å². The number of carbonyl (C=O) groups excluding carboxylic acids is 2. The molecule has 134 valence electrons. The Bertz CT molecular complexity index is 584. The number of nitrogens with zero attached hydrogens (tertiary/aromatic N) is 1. The fraction of sp³-hybridized carbons (Fsp3) is 0.500. The zero-order valence-corrected chi connectivity index (χ0v) is 15.2. The van der Waals surface area contributed by atoms with Gasteiger partial charge in [-0.15, -0.1) is 12.4 Å². The van der Waals surface area contributed by atoms with Crippen LogP contribution in [0.15, 0.2) is 18.2 Å². The van der Waals surface area contributed by atoms with E-state index in [0.29, 0.717) is 48.8 Å². The normalized spacial score (nSPS) is 16.5. The Labute approximate surface area is 153 Å². The van der Waals surface area contributed by atoms with E-state index in [0.717, 1.165) is 6.42 Å². The van der Waals surface area contributed by atoms with Crippen molar-refractivity contribution in [3.05, 3.63) is 28.8 Å². The summed E-state index contributed by atoms with van der Waals surface area (Å²) < 4.78 is 5.24. The first kappa shape index (κ1) is 20.5. The molecule has 1 heterocycles. The summed E-state index contributed by atoms with van der Waals surface area (Å²) in [5.74, 6) is 0.0831. The number of benzene rings is 1. The van der Waals surface area contributed by atoms with Gasteiger partial charge in [0.25, 0.3) is 5.91 Å². The van der Waals surface area contributed by atoms with Crippen LogP contribution >= 0.6 is 24.0 Å². The molecule has 8 heteroatoms. The van der Waals surface area contributed by atoms with E-state index in [9.17, 15) is 9.59 Å². The molecule has 1 aromatic rings. The lowest BCUT2D eigenvalue weighted by Crippen LogP contribution is -2.46. The molecule has 0 radical (unpaired) electrons. The molecule has 2 amide bonds. The number of rotatable bonds is 6. The second-order valence-electron chi connectivity index (χ2n) is 5.43. The minimum Gasteiger partial charge on any atom is -0.496 e. The van der Waals surface area contributed by atoms with Crippen LogP contribution in [0.2, 0.25) is 5.02 Å². The highest BCUT2D eigenvalue weighted by Crippen LogP contribution is 2.27. The minimum atomic E-state index is -0.455. The fourth-order valence-corrected chi connectivity index (χ4v) is 2.89. The third-order valence-corrected chi connectivity index (χ3v) is 4.12. The van der Waals surface area contributed by atoms with Gasteiger partial charge in [0.2, 0.25) is 5.91 Å². The molecule has 1 saturated heterocycles. The molecule has 24 heavy (non-hydrogen) atoms. The van der Waals surface area contributed by atoms with Gasteiger partial charge in [-0.25, -0.2) is 0 Å². The summed E-state index contributed by atoms with van der Waals surface area (Å²) in [5.41, 5.74) is 5.80. The van der Waals surface area contributed by atoms with Crippen LogP contribution in [0.1, 0.15) is 29.6 Å². The Hall–Kier alpha value is -1.50. The predicted octanol–water partition coefficient (Wildman–Crippen LogP) is 1.84. The van der Waals surface area contributed by atoms with Crippen LogP contribution in [0.4, 0.5) is 0 Å². The minimum absolute atomic E-state index is 0. The number of halogens is 2. The zero-order chi connectivity index (χ0) is 16.8. The van der Waals surface area contributed by atoms with Crippen molar-refractivity contribution in [2.24, 2.45) is 5.73 Å². The van der Waals surface area contributed by atoms with E-state index in [1.807, 2.05) is 0 Å². The first-order valence-corrected chi connectivity index (χ1v) is 8.08. The molecule has 3 N–H and O–H groups in total. The quantitative estimate of drug-likeness (QED) is 0.742. The lowest BCUT2D eigenvalue weighted by Gasteiger charge is -2.24.